The maximum Gasteiger partial charge on any atom is 0.238 e. The molecular weight excluding hydrogens is 313 g/mol. The maximum absolute atomic E-state index is 11.6. The maximum atomic E-state index is 11.6. The minimum atomic E-state index is -0.219. The molecule has 1 atom stereocenters. The van der Waals surface area contributed by atoms with Gasteiger partial charge in [-0.2, -0.15) is 0 Å². The smallest absolute Gasteiger partial charge is 0.238 e. The number of hydrogen-bond donors (Lipinski definition) is 1. The van der Waals surface area contributed by atoms with Gasteiger partial charge in [0.15, 0.2) is 0 Å². The summed E-state index contributed by atoms with van der Waals surface area (Å²) >= 11 is 15.2. The second-order valence-electron chi connectivity index (χ2n) is 3.45. The average Bonchev–Trinajstić information content (AvgIpc) is 2.24. The van der Waals surface area contributed by atoms with Gasteiger partial charge in [0, 0.05) is 5.02 Å². The highest BCUT2D eigenvalue weighted by Crippen LogP contribution is 2.29. The van der Waals surface area contributed by atoms with Gasteiger partial charge in [-0.1, -0.05) is 46.1 Å². The van der Waals surface area contributed by atoms with Crippen LogP contribution in [0, 0.1) is 6.92 Å². The molecule has 0 bridgehead atoms. The molecule has 16 heavy (non-hydrogen) atoms. The summed E-state index contributed by atoms with van der Waals surface area (Å²) in [7, 11) is 0. The van der Waals surface area contributed by atoms with Crippen LogP contribution in [0.4, 0.5) is 5.69 Å². The third-order valence-corrected chi connectivity index (χ3v) is 3.93. The van der Waals surface area contributed by atoms with Gasteiger partial charge >= 0.3 is 0 Å². The van der Waals surface area contributed by atoms with E-state index < -0.39 is 0 Å². The summed E-state index contributed by atoms with van der Waals surface area (Å²) in [6.07, 6.45) is 0.711. The molecule has 1 N–H and O–H groups in total. The van der Waals surface area contributed by atoms with Crippen LogP contribution in [0.1, 0.15) is 18.9 Å². The molecule has 1 rings (SSSR count). The molecule has 2 nitrogen and oxygen atoms in total. The predicted octanol–water partition coefficient (Wildman–Crippen LogP) is 4.41. The van der Waals surface area contributed by atoms with E-state index in [0.717, 1.165) is 5.56 Å². The fourth-order valence-corrected chi connectivity index (χ4v) is 1.68. The largest absolute Gasteiger partial charge is 0.324 e. The number of halogens is 3. The summed E-state index contributed by atoms with van der Waals surface area (Å²) in [5.41, 5.74) is 1.43. The Balaban J connectivity index is 2.90. The summed E-state index contributed by atoms with van der Waals surface area (Å²) in [6, 6.07) is 3.39. The molecule has 1 unspecified atom stereocenters. The fraction of sp³-hybridized carbons (Fsp3) is 0.364. The molecule has 0 spiro atoms. The van der Waals surface area contributed by atoms with E-state index >= 15 is 0 Å². The second kappa shape index (κ2) is 5.89. The monoisotopic (exact) mass is 323 g/mol. The lowest BCUT2D eigenvalue weighted by Gasteiger charge is -2.11. The van der Waals surface area contributed by atoms with Crippen LogP contribution in [0.2, 0.25) is 10.0 Å². The number of nitrogens with one attached hydrogen (secondary N) is 1. The van der Waals surface area contributed by atoms with Gasteiger partial charge in [0.1, 0.15) is 0 Å². The molecule has 5 heteroatoms. The summed E-state index contributed by atoms with van der Waals surface area (Å²) in [4.78, 5) is 11.4. The standard InChI is InChI=1S/C11H12BrCl2NO/c1-3-7(12)11(16)15-10-5-8(13)6(2)4-9(10)14/h4-5,7H,3H2,1-2H3,(H,15,16). The highest BCUT2D eigenvalue weighted by atomic mass is 79.9. The lowest BCUT2D eigenvalue weighted by atomic mass is 10.2. The molecule has 0 heterocycles. The van der Waals surface area contributed by atoms with Gasteiger partial charge in [-0.15, -0.1) is 0 Å². The molecule has 0 saturated heterocycles. The molecule has 1 aromatic rings. The number of anilines is 1. The Morgan fingerprint density at radius 1 is 1.44 bits per heavy atom. The van der Waals surface area contributed by atoms with Gasteiger partial charge in [-0.25, -0.2) is 0 Å². The highest BCUT2D eigenvalue weighted by Gasteiger charge is 2.14. The topological polar surface area (TPSA) is 29.1 Å². The molecule has 0 aliphatic rings. The number of rotatable bonds is 3. The van der Waals surface area contributed by atoms with E-state index in [1.165, 1.54) is 0 Å². The van der Waals surface area contributed by atoms with Crippen LogP contribution in [0.15, 0.2) is 12.1 Å². The van der Waals surface area contributed by atoms with Crippen molar-refractivity contribution in [1.82, 2.24) is 0 Å². The first-order chi connectivity index (χ1) is 7.45. The van der Waals surface area contributed by atoms with Gasteiger partial charge < -0.3 is 5.32 Å². The summed E-state index contributed by atoms with van der Waals surface area (Å²) in [6.45, 7) is 3.78. The predicted molar refractivity (Wildman–Crippen MR) is 72.8 cm³/mol. The molecule has 0 aliphatic carbocycles. The minimum absolute atomic E-state index is 0.121. The number of carbonyl (C=O) groups is 1. The Morgan fingerprint density at radius 2 is 2.06 bits per heavy atom. The van der Waals surface area contributed by atoms with Crippen LogP contribution in [-0.2, 0) is 4.79 Å². The normalized spacial score (nSPS) is 12.3. The third kappa shape index (κ3) is 3.37. The highest BCUT2D eigenvalue weighted by molar-refractivity contribution is 9.10. The van der Waals surface area contributed by atoms with E-state index in [4.69, 9.17) is 23.2 Å². The van der Waals surface area contributed by atoms with Gasteiger partial charge in [-0.3, -0.25) is 4.79 Å². The van der Waals surface area contributed by atoms with Crippen LogP contribution in [0.5, 0.6) is 0 Å². The van der Waals surface area contributed by atoms with E-state index in [9.17, 15) is 4.79 Å². The molecule has 1 aromatic carbocycles. The van der Waals surface area contributed by atoms with E-state index in [0.29, 0.717) is 22.2 Å². The Labute approximate surface area is 113 Å². The van der Waals surface area contributed by atoms with Gasteiger partial charge in [0.05, 0.1) is 15.5 Å². The molecule has 0 radical (unpaired) electrons. The van der Waals surface area contributed by atoms with Crippen molar-refractivity contribution < 1.29 is 4.79 Å². The van der Waals surface area contributed by atoms with Crippen LogP contribution >= 0.6 is 39.1 Å². The number of amides is 1. The lowest BCUT2D eigenvalue weighted by molar-refractivity contribution is -0.115. The Bertz CT molecular complexity index is 409. The third-order valence-electron chi connectivity index (χ3n) is 2.15. The Kier molecular flexibility index (Phi) is 5.09. The van der Waals surface area contributed by atoms with Crippen LogP contribution in [0.3, 0.4) is 0 Å². The first kappa shape index (κ1) is 13.8. The van der Waals surface area contributed by atoms with Crippen LogP contribution < -0.4 is 5.32 Å². The molecule has 0 fully saturated rings. The van der Waals surface area contributed by atoms with E-state index in [1.54, 1.807) is 12.1 Å². The first-order valence-corrected chi connectivity index (χ1v) is 6.53. The first-order valence-electron chi connectivity index (χ1n) is 4.86. The summed E-state index contributed by atoms with van der Waals surface area (Å²) in [5, 5.41) is 3.80. The minimum Gasteiger partial charge on any atom is -0.324 e. The van der Waals surface area contributed by atoms with Gasteiger partial charge in [0.25, 0.3) is 0 Å². The molecule has 0 aliphatic heterocycles. The van der Waals surface area contributed by atoms with E-state index in [2.05, 4.69) is 21.2 Å². The second-order valence-corrected chi connectivity index (χ2v) is 5.37. The van der Waals surface area contributed by atoms with Crippen LogP contribution in [0.25, 0.3) is 0 Å². The number of alkyl halides is 1. The Morgan fingerprint density at radius 3 is 2.62 bits per heavy atom. The van der Waals surface area contributed by atoms with E-state index in [-0.39, 0.29) is 10.7 Å². The zero-order valence-electron chi connectivity index (χ0n) is 8.98. The zero-order chi connectivity index (χ0) is 12.3. The van der Waals surface area contributed by atoms with Gasteiger partial charge in [0.2, 0.25) is 5.91 Å². The van der Waals surface area contributed by atoms with Crippen molar-refractivity contribution in [2.24, 2.45) is 0 Å². The molecule has 0 aromatic heterocycles. The van der Waals surface area contributed by atoms with E-state index in [1.807, 2.05) is 13.8 Å². The number of benzene rings is 1. The average molecular weight is 325 g/mol. The summed E-state index contributed by atoms with van der Waals surface area (Å²) < 4.78 is 0. The van der Waals surface area contributed by atoms with Crippen molar-refractivity contribution in [3.8, 4) is 0 Å². The molecule has 1 amide bonds. The molecular formula is C11H12BrCl2NO. The zero-order valence-corrected chi connectivity index (χ0v) is 12.1. The van der Waals surface area contributed by atoms with Crippen molar-refractivity contribution in [2.75, 3.05) is 5.32 Å². The fourth-order valence-electron chi connectivity index (χ4n) is 1.14. The van der Waals surface area contributed by atoms with Gasteiger partial charge in [-0.05, 0) is 31.0 Å². The molecule has 0 saturated carbocycles. The number of aryl methyl sites for hydroxylation is 1. The Hall–Kier alpha value is -0.250. The van der Waals surface area contributed by atoms with Crippen molar-refractivity contribution in [1.29, 1.82) is 0 Å². The lowest BCUT2D eigenvalue weighted by Crippen LogP contribution is -2.22. The SMILES string of the molecule is CCC(Br)C(=O)Nc1cc(Cl)c(C)cc1Cl. The van der Waals surface area contributed by atoms with Crippen molar-refractivity contribution in [3.63, 3.8) is 0 Å². The quantitative estimate of drug-likeness (QED) is 0.819. The number of carbonyl (C=O) groups excluding carboxylic acids is 1. The van der Waals surface area contributed by atoms with Crippen molar-refractivity contribution >= 4 is 50.7 Å². The number of hydrogen-bond acceptors (Lipinski definition) is 1. The molecule has 88 valence electrons. The summed E-state index contributed by atoms with van der Waals surface area (Å²) in [5.74, 6) is -0.121. The van der Waals surface area contributed by atoms with Crippen molar-refractivity contribution in [3.05, 3.63) is 27.7 Å². The van der Waals surface area contributed by atoms with Crippen LogP contribution in [-0.4, -0.2) is 10.7 Å². The van der Waals surface area contributed by atoms with Crippen molar-refractivity contribution in [2.45, 2.75) is 25.1 Å².